The Hall–Kier alpha value is -0.560. The third-order valence-corrected chi connectivity index (χ3v) is 2.66. The van der Waals surface area contributed by atoms with Crippen LogP contribution in [0.25, 0.3) is 0 Å². The van der Waals surface area contributed by atoms with Crippen LogP contribution in [0.15, 0.2) is 6.20 Å². The van der Waals surface area contributed by atoms with E-state index in [9.17, 15) is 5.11 Å². The van der Waals surface area contributed by atoms with Crippen molar-refractivity contribution in [2.75, 3.05) is 13.2 Å². The van der Waals surface area contributed by atoms with Crippen molar-refractivity contribution in [2.45, 2.75) is 18.7 Å². The lowest BCUT2D eigenvalue weighted by Crippen LogP contribution is -2.38. The van der Waals surface area contributed by atoms with Crippen LogP contribution in [0.1, 0.15) is 4.88 Å². The summed E-state index contributed by atoms with van der Waals surface area (Å²) < 4.78 is 8.84. The van der Waals surface area contributed by atoms with E-state index < -0.39 is 0 Å². The largest absolute Gasteiger partial charge is 0.389 e. The fourth-order valence-corrected chi connectivity index (χ4v) is 1.68. The summed E-state index contributed by atoms with van der Waals surface area (Å²) in [5, 5.41) is 16.3. The van der Waals surface area contributed by atoms with Crippen LogP contribution >= 0.6 is 11.5 Å². The first kappa shape index (κ1) is 9.01. The van der Waals surface area contributed by atoms with Gasteiger partial charge in [-0.05, 0) is 11.5 Å². The summed E-state index contributed by atoms with van der Waals surface area (Å²) in [5.41, 5.74) is 0. The summed E-state index contributed by atoms with van der Waals surface area (Å²) >= 11 is 1.36. The van der Waals surface area contributed by atoms with Crippen LogP contribution in [0, 0.1) is 0 Å². The Morgan fingerprint density at radius 2 is 2.62 bits per heavy atom. The minimum absolute atomic E-state index is 0.0436. The molecule has 0 aliphatic carbocycles. The Balaban J connectivity index is 1.79. The highest BCUT2D eigenvalue weighted by Gasteiger charge is 2.25. The van der Waals surface area contributed by atoms with Crippen LogP contribution in [0.2, 0.25) is 0 Å². The van der Waals surface area contributed by atoms with E-state index >= 15 is 0 Å². The SMILES string of the molecule is OC1COCC1NCc1cnns1. The number of aliphatic hydroxyl groups excluding tert-OH is 1. The molecule has 0 radical (unpaired) electrons. The molecule has 2 heterocycles. The first-order chi connectivity index (χ1) is 6.36. The third-order valence-electron chi connectivity index (χ3n) is 2.00. The fourth-order valence-electron chi connectivity index (χ4n) is 1.24. The van der Waals surface area contributed by atoms with Gasteiger partial charge in [-0.1, -0.05) is 4.49 Å². The molecule has 13 heavy (non-hydrogen) atoms. The highest BCUT2D eigenvalue weighted by molar-refractivity contribution is 7.05. The lowest BCUT2D eigenvalue weighted by atomic mass is 10.2. The molecule has 0 amide bonds. The monoisotopic (exact) mass is 201 g/mol. The number of nitrogens with one attached hydrogen (secondary N) is 1. The van der Waals surface area contributed by atoms with Gasteiger partial charge in [0.15, 0.2) is 0 Å². The van der Waals surface area contributed by atoms with Gasteiger partial charge in [0.25, 0.3) is 0 Å². The highest BCUT2D eigenvalue weighted by Crippen LogP contribution is 2.07. The van der Waals surface area contributed by atoms with Crippen molar-refractivity contribution in [3.63, 3.8) is 0 Å². The second kappa shape index (κ2) is 4.10. The maximum absolute atomic E-state index is 9.40. The van der Waals surface area contributed by atoms with Crippen molar-refractivity contribution in [2.24, 2.45) is 0 Å². The number of rotatable bonds is 3. The van der Waals surface area contributed by atoms with E-state index in [-0.39, 0.29) is 12.1 Å². The van der Waals surface area contributed by atoms with Gasteiger partial charge in [-0.2, -0.15) is 0 Å². The number of hydrogen-bond donors (Lipinski definition) is 2. The van der Waals surface area contributed by atoms with Gasteiger partial charge in [0.1, 0.15) is 0 Å². The molecule has 0 aromatic carbocycles. The predicted molar refractivity (Wildman–Crippen MR) is 47.4 cm³/mol. The topological polar surface area (TPSA) is 67.3 Å². The van der Waals surface area contributed by atoms with E-state index in [1.54, 1.807) is 6.20 Å². The van der Waals surface area contributed by atoms with E-state index in [1.165, 1.54) is 11.5 Å². The standard InChI is InChI=1S/C7H11N3O2S/c11-7-4-12-3-6(7)8-1-5-2-9-10-13-5/h2,6-8,11H,1,3-4H2. The average molecular weight is 201 g/mol. The maximum atomic E-state index is 9.40. The molecule has 2 rings (SSSR count). The van der Waals surface area contributed by atoms with E-state index in [0.717, 1.165) is 4.88 Å². The lowest BCUT2D eigenvalue weighted by molar-refractivity contribution is 0.122. The van der Waals surface area contributed by atoms with Crippen molar-refractivity contribution < 1.29 is 9.84 Å². The molecule has 6 heteroatoms. The average Bonchev–Trinajstić information content (AvgIpc) is 2.72. The van der Waals surface area contributed by atoms with Gasteiger partial charge in [-0.15, -0.1) is 5.10 Å². The minimum Gasteiger partial charge on any atom is -0.389 e. The molecule has 2 unspecified atom stereocenters. The number of ether oxygens (including phenoxy) is 1. The number of hydrogen-bond acceptors (Lipinski definition) is 6. The molecular weight excluding hydrogens is 190 g/mol. The van der Waals surface area contributed by atoms with Crippen LogP contribution in [-0.4, -0.2) is 40.1 Å². The Kier molecular flexibility index (Phi) is 2.84. The number of aromatic nitrogens is 2. The quantitative estimate of drug-likeness (QED) is 0.682. The van der Waals surface area contributed by atoms with Crippen LogP contribution in [0.3, 0.4) is 0 Å². The molecule has 0 saturated carbocycles. The molecule has 1 saturated heterocycles. The van der Waals surface area contributed by atoms with Gasteiger partial charge in [-0.3, -0.25) is 0 Å². The minimum atomic E-state index is -0.388. The van der Waals surface area contributed by atoms with Crippen molar-refractivity contribution in [3.8, 4) is 0 Å². The van der Waals surface area contributed by atoms with Crippen molar-refractivity contribution in [3.05, 3.63) is 11.1 Å². The molecule has 1 aliphatic heterocycles. The maximum Gasteiger partial charge on any atom is 0.0948 e. The molecule has 2 atom stereocenters. The lowest BCUT2D eigenvalue weighted by Gasteiger charge is -2.12. The van der Waals surface area contributed by atoms with Crippen molar-refractivity contribution in [1.82, 2.24) is 14.9 Å². The zero-order valence-corrected chi connectivity index (χ0v) is 7.83. The summed E-state index contributed by atoms with van der Waals surface area (Å²) in [7, 11) is 0. The van der Waals surface area contributed by atoms with Gasteiger partial charge < -0.3 is 15.2 Å². The summed E-state index contributed by atoms with van der Waals surface area (Å²) in [5.74, 6) is 0. The summed E-state index contributed by atoms with van der Waals surface area (Å²) in [6, 6.07) is 0.0436. The fraction of sp³-hybridized carbons (Fsp3) is 0.714. The van der Waals surface area contributed by atoms with E-state index in [4.69, 9.17) is 4.74 Å². The molecule has 1 aromatic heterocycles. The molecule has 0 bridgehead atoms. The van der Waals surface area contributed by atoms with Crippen LogP contribution < -0.4 is 5.32 Å². The molecule has 0 spiro atoms. The Bertz CT molecular complexity index is 254. The molecule has 1 fully saturated rings. The second-order valence-electron chi connectivity index (χ2n) is 2.98. The Morgan fingerprint density at radius 1 is 1.69 bits per heavy atom. The second-order valence-corrected chi connectivity index (χ2v) is 3.85. The third kappa shape index (κ3) is 2.22. The van der Waals surface area contributed by atoms with Crippen molar-refractivity contribution in [1.29, 1.82) is 0 Å². The molecule has 5 nitrogen and oxygen atoms in total. The van der Waals surface area contributed by atoms with Gasteiger partial charge in [-0.25, -0.2) is 0 Å². The van der Waals surface area contributed by atoms with Gasteiger partial charge >= 0.3 is 0 Å². The highest BCUT2D eigenvalue weighted by atomic mass is 32.1. The zero-order chi connectivity index (χ0) is 9.10. The summed E-state index contributed by atoms with van der Waals surface area (Å²) in [6.45, 7) is 1.70. The smallest absolute Gasteiger partial charge is 0.0948 e. The van der Waals surface area contributed by atoms with E-state index in [0.29, 0.717) is 19.8 Å². The van der Waals surface area contributed by atoms with Crippen LogP contribution in [-0.2, 0) is 11.3 Å². The Labute approximate surface area is 79.9 Å². The van der Waals surface area contributed by atoms with E-state index in [2.05, 4.69) is 14.9 Å². The molecule has 72 valence electrons. The summed E-state index contributed by atoms with van der Waals surface area (Å²) in [6.07, 6.45) is 1.33. The normalized spacial score (nSPS) is 28.1. The summed E-state index contributed by atoms with van der Waals surface area (Å²) in [4.78, 5) is 1.07. The number of aliphatic hydroxyl groups is 1. The first-order valence-corrected chi connectivity index (χ1v) is 4.89. The molecule has 1 aliphatic rings. The predicted octanol–water partition coefficient (Wildman–Crippen LogP) is -0.613. The zero-order valence-electron chi connectivity index (χ0n) is 7.01. The van der Waals surface area contributed by atoms with Gasteiger partial charge in [0, 0.05) is 6.54 Å². The van der Waals surface area contributed by atoms with E-state index in [1.807, 2.05) is 0 Å². The van der Waals surface area contributed by atoms with Gasteiger partial charge in [0.2, 0.25) is 0 Å². The number of nitrogens with zero attached hydrogens (tertiary/aromatic N) is 2. The molecule has 1 aromatic rings. The van der Waals surface area contributed by atoms with Crippen molar-refractivity contribution >= 4 is 11.5 Å². The van der Waals surface area contributed by atoms with Crippen LogP contribution in [0.4, 0.5) is 0 Å². The molecule has 2 N–H and O–H groups in total. The molecular formula is C7H11N3O2S. The first-order valence-electron chi connectivity index (χ1n) is 4.11. The van der Waals surface area contributed by atoms with Crippen LogP contribution in [0.5, 0.6) is 0 Å². The van der Waals surface area contributed by atoms with Gasteiger partial charge in [0.05, 0.1) is 36.4 Å². The Morgan fingerprint density at radius 3 is 3.23 bits per heavy atom.